The smallest absolute Gasteiger partial charge is 0.234 e. The Bertz CT molecular complexity index is 943. The van der Waals surface area contributed by atoms with Crippen LogP contribution in [0.3, 0.4) is 0 Å². The van der Waals surface area contributed by atoms with Gasteiger partial charge in [-0.25, -0.2) is 4.98 Å². The fourth-order valence-corrected chi connectivity index (χ4v) is 4.00. The van der Waals surface area contributed by atoms with Gasteiger partial charge in [0.1, 0.15) is 0 Å². The highest BCUT2D eigenvalue weighted by molar-refractivity contribution is 7.99. The summed E-state index contributed by atoms with van der Waals surface area (Å²) in [6.45, 7) is 6.99. The quantitative estimate of drug-likeness (QED) is 0.464. The summed E-state index contributed by atoms with van der Waals surface area (Å²) in [5, 5.41) is 8.25. The summed E-state index contributed by atoms with van der Waals surface area (Å²) >= 11 is 1.49. The van der Waals surface area contributed by atoms with Crippen molar-refractivity contribution in [2.45, 2.75) is 51.7 Å². The van der Waals surface area contributed by atoms with Crippen molar-refractivity contribution in [3.8, 4) is 0 Å². The lowest BCUT2D eigenvalue weighted by molar-refractivity contribution is -0.113. The minimum Gasteiger partial charge on any atom is -0.322 e. The Hall–Kier alpha value is -2.28. The minimum absolute atomic E-state index is 0.0358. The molecule has 0 saturated carbocycles. The third kappa shape index (κ3) is 4.35. The van der Waals surface area contributed by atoms with Gasteiger partial charge in [0.25, 0.3) is 0 Å². The summed E-state index contributed by atoms with van der Waals surface area (Å²) < 4.78 is 4.02. The first kappa shape index (κ1) is 19.5. The van der Waals surface area contributed by atoms with Crippen LogP contribution < -0.4 is 5.32 Å². The molecule has 0 unspecified atom stereocenters. The number of fused-ring (bicyclic) bond motifs is 1. The van der Waals surface area contributed by atoms with Gasteiger partial charge in [-0.2, -0.15) is 5.10 Å². The normalized spacial score (nSPS) is 11.3. The number of hydrogen-bond acceptors (Lipinski definition) is 4. The molecule has 27 heavy (non-hydrogen) atoms. The maximum Gasteiger partial charge on any atom is 0.234 e. The number of anilines is 1. The average Bonchev–Trinajstić information content (AvgIpc) is 3.12. The van der Waals surface area contributed by atoms with Gasteiger partial charge in [0.05, 0.1) is 33.9 Å². The van der Waals surface area contributed by atoms with Crippen LogP contribution in [0.5, 0.6) is 0 Å². The van der Waals surface area contributed by atoms with E-state index in [1.54, 1.807) is 4.68 Å². The maximum atomic E-state index is 12.5. The monoisotopic (exact) mass is 385 g/mol. The van der Waals surface area contributed by atoms with Gasteiger partial charge in [0.15, 0.2) is 5.16 Å². The number of imidazole rings is 1. The molecule has 0 spiro atoms. The number of para-hydroxylation sites is 2. The van der Waals surface area contributed by atoms with Crippen molar-refractivity contribution in [1.82, 2.24) is 19.3 Å². The first-order valence-corrected chi connectivity index (χ1v) is 10.4. The molecule has 144 valence electrons. The number of thioether (sulfide) groups is 1. The van der Waals surface area contributed by atoms with Crippen LogP contribution in [-0.2, 0) is 18.4 Å². The van der Waals surface area contributed by atoms with Crippen molar-refractivity contribution in [3.63, 3.8) is 0 Å². The molecular formula is C20H27N5OS. The van der Waals surface area contributed by atoms with Crippen LogP contribution in [0.15, 0.2) is 29.4 Å². The van der Waals surface area contributed by atoms with Gasteiger partial charge in [-0.05, 0) is 32.4 Å². The van der Waals surface area contributed by atoms with E-state index in [2.05, 4.69) is 28.0 Å². The second-order valence-corrected chi connectivity index (χ2v) is 7.69. The zero-order valence-electron chi connectivity index (χ0n) is 16.5. The molecule has 0 aliphatic heterocycles. The fraction of sp³-hybridized carbons (Fsp3) is 0.450. The highest BCUT2D eigenvalue weighted by Gasteiger charge is 2.15. The van der Waals surface area contributed by atoms with E-state index in [1.165, 1.54) is 24.6 Å². The molecule has 0 bridgehead atoms. The van der Waals surface area contributed by atoms with Crippen molar-refractivity contribution < 1.29 is 4.79 Å². The van der Waals surface area contributed by atoms with Crippen molar-refractivity contribution >= 4 is 34.4 Å². The van der Waals surface area contributed by atoms with E-state index >= 15 is 0 Å². The molecule has 0 aliphatic carbocycles. The summed E-state index contributed by atoms with van der Waals surface area (Å²) in [5.74, 6) is 0.289. The van der Waals surface area contributed by atoms with Crippen LogP contribution in [-0.4, -0.2) is 31.0 Å². The van der Waals surface area contributed by atoms with Gasteiger partial charge in [-0.15, -0.1) is 0 Å². The number of aryl methyl sites for hydroxylation is 3. The molecule has 2 aromatic heterocycles. The summed E-state index contributed by atoms with van der Waals surface area (Å²) in [6.07, 6.45) is 3.49. The summed E-state index contributed by atoms with van der Waals surface area (Å²) in [5.41, 5.74) is 4.71. The number of carbonyl (C=O) groups is 1. The van der Waals surface area contributed by atoms with Crippen LogP contribution in [0, 0.1) is 13.8 Å². The van der Waals surface area contributed by atoms with Crippen molar-refractivity contribution in [2.24, 2.45) is 7.05 Å². The number of unbranched alkanes of at least 4 members (excludes halogenated alkanes) is 2. The van der Waals surface area contributed by atoms with Gasteiger partial charge in [-0.3, -0.25) is 9.48 Å². The van der Waals surface area contributed by atoms with Crippen LogP contribution in [0.25, 0.3) is 11.0 Å². The predicted molar refractivity (Wildman–Crippen MR) is 111 cm³/mol. The number of benzene rings is 1. The van der Waals surface area contributed by atoms with Crippen LogP contribution >= 0.6 is 11.8 Å². The molecule has 0 aliphatic rings. The minimum atomic E-state index is -0.0358. The Balaban J connectivity index is 1.72. The first-order valence-electron chi connectivity index (χ1n) is 9.39. The number of nitrogens with zero attached hydrogens (tertiary/aromatic N) is 4. The lowest BCUT2D eigenvalue weighted by atomic mass is 10.2. The van der Waals surface area contributed by atoms with Crippen LogP contribution in [0.4, 0.5) is 5.69 Å². The molecule has 7 heteroatoms. The molecule has 0 atom stereocenters. The van der Waals surface area contributed by atoms with E-state index < -0.39 is 0 Å². The Morgan fingerprint density at radius 3 is 2.70 bits per heavy atom. The van der Waals surface area contributed by atoms with E-state index in [0.717, 1.165) is 46.2 Å². The Labute approximate surface area is 164 Å². The molecule has 1 N–H and O–H groups in total. The van der Waals surface area contributed by atoms with Gasteiger partial charge < -0.3 is 9.88 Å². The highest BCUT2D eigenvalue weighted by Crippen LogP contribution is 2.25. The molecule has 1 amide bonds. The predicted octanol–water partition coefficient (Wildman–Crippen LogP) is 4.31. The average molecular weight is 386 g/mol. The van der Waals surface area contributed by atoms with Gasteiger partial charge in [-0.1, -0.05) is 43.7 Å². The number of nitrogens with one attached hydrogen (secondary N) is 1. The fourth-order valence-electron chi connectivity index (χ4n) is 3.16. The number of carbonyl (C=O) groups excluding carboxylic acids is 1. The molecule has 3 rings (SSSR count). The number of hydrogen-bond donors (Lipinski definition) is 1. The van der Waals surface area contributed by atoms with E-state index in [4.69, 9.17) is 4.98 Å². The molecule has 1 aromatic carbocycles. The summed E-state index contributed by atoms with van der Waals surface area (Å²) in [4.78, 5) is 17.2. The van der Waals surface area contributed by atoms with E-state index in [-0.39, 0.29) is 5.91 Å². The van der Waals surface area contributed by atoms with E-state index in [9.17, 15) is 4.79 Å². The van der Waals surface area contributed by atoms with Crippen molar-refractivity contribution in [1.29, 1.82) is 0 Å². The molecule has 6 nitrogen and oxygen atoms in total. The Kier molecular flexibility index (Phi) is 6.21. The summed E-state index contributed by atoms with van der Waals surface area (Å²) in [7, 11) is 1.88. The number of rotatable bonds is 8. The lowest BCUT2D eigenvalue weighted by Gasteiger charge is -2.09. The standard InChI is InChI=1S/C20H27N5OS/c1-5-6-9-12-25-17-11-8-7-10-16(17)21-20(25)27-13-18(26)22-19-14(2)23-24(4)15(19)3/h7-8,10-11H,5-6,9,12-13H2,1-4H3,(H,22,26). The van der Waals surface area contributed by atoms with Crippen LogP contribution in [0.1, 0.15) is 37.6 Å². The number of aromatic nitrogens is 4. The van der Waals surface area contributed by atoms with E-state index in [1.807, 2.05) is 39.1 Å². The van der Waals surface area contributed by atoms with Gasteiger partial charge >= 0.3 is 0 Å². The van der Waals surface area contributed by atoms with Crippen molar-refractivity contribution in [2.75, 3.05) is 11.1 Å². The van der Waals surface area contributed by atoms with E-state index in [0.29, 0.717) is 5.75 Å². The molecular weight excluding hydrogens is 358 g/mol. The molecule has 0 fully saturated rings. The lowest BCUT2D eigenvalue weighted by Crippen LogP contribution is -2.15. The number of amides is 1. The maximum absolute atomic E-state index is 12.5. The molecule has 2 heterocycles. The molecule has 0 radical (unpaired) electrons. The first-order chi connectivity index (χ1) is 13.0. The summed E-state index contributed by atoms with van der Waals surface area (Å²) in [6, 6.07) is 8.16. The largest absolute Gasteiger partial charge is 0.322 e. The zero-order chi connectivity index (χ0) is 19.4. The third-order valence-electron chi connectivity index (χ3n) is 4.71. The Morgan fingerprint density at radius 2 is 2.00 bits per heavy atom. The van der Waals surface area contributed by atoms with Gasteiger partial charge in [0, 0.05) is 13.6 Å². The second kappa shape index (κ2) is 8.61. The van der Waals surface area contributed by atoms with Gasteiger partial charge in [0.2, 0.25) is 5.91 Å². The topological polar surface area (TPSA) is 64.7 Å². The SMILES string of the molecule is CCCCCn1c(SCC(=O)Nc2c(C)nn(C)c2C)nc2ccccc21. The zero-order valence-corrected chi connectivity index (χ0v) is 17.3. The molecule has 3 aromatic rings. The second-order valence-electron chi connectivity index (χ2n) is 6.75. The van der Waals surface area contributed by atoms with Crippen molar-refractivity contribution in [3.05, 3.63) is 35.7 Å². The highest BCUT2D eigenvalue weighted by atomic mass is 32.2. The molecule has 0 saturated heterocycles. The Morgan fingerprint density at radius 1 is 1.22 bits per heavy atom. The third-order valence-corrected chi connectivity index (χ3v) is 5.69. The van der Waals surface area contributed by atoms with Crippen LogP contribution in [0.2, 0.25) is 0 Å².